The summed E-state index contributed by atoms with van der Waals surface area (Å²) in [5, 5.41) is 2.65. The Balaban J connectivity index is 0.00000361. The van der Waals surface area contributed by atoms with Gasteiger partial charge in [0.15, 0.2) is 0 Å². The standard InChI is InChI=1S/C14H27N3O2.ClH/c1-10(2)8-12(15)14(19)17-6-4-11(5-7-17)9-13(18)16-3;/h10-12H,4-9,15H2,1-3H3,(H,16,18);1H/t12-;/m0./s1. The summed E-state index contributed by atoms with van der Waals surface area (Å²) in [6.07, 6.45) is 3.09. The second-order valence-corrected chi connectivity index (χ2v) is 5.88. The van der Waals surface area contributed by atoms with Crippen LogP contribution >= 0.6 is 12.4 Å². The molecule has 2 amide bonds. The Morgan fingerprint density at radius 3 is 2.30 bits per heavy atom. The number of piperidine rings is 1. The Hall–Kier alpha value is -0.810. The molecule has 1 fully saturated rings. The maximum absolute atomic E-state index is 12.1. The Morgan fingerprint density at radius 2 is 1.85 bits per heavy atom. The summed E-state index contributed by atoms with van der Waals surface area (Å²) in [6.45, 7) is 5.60. The molecule has 3 N–H and O–H groups in total. The first-order valence-electron chi connectivity index (χ1n) is 7.19. The topological polar surface area (TPSA) is 75.4 Å². The van der Waals surface area contributed by atoms with E-state index in [-0.39, 0.29) is 30.3 Å². The molecule has 0 aromatic carbocycles. The van der Waals surface area contributed by atoms with Crippen LogP contribution in [0.4, 0.5) is 0 Å². The minimum atomic E-state index is -0.379. The molecule has 1 heterocycles. The summed E-state index contributed by atoms with van der Waals surface area (Å²) in [5.41, 5.74) is 5.93. The number of nitrogens with zero attached hydrogens (tertiary/aromatic N) is 1. The molecule has 1 aliphatic heterocycles. The van der Waals surface area contributed by atoms with Crippen LogP contribution in [0.3, 0.4) is 0 Å². The molecule has 6 heteroatoms. The first kappa shape index (κ1) is 19.2. The summed E-state index contributed by atoms with van der Waals surface area (Å²) in [4.78, 5) is 25.3. The van der Waals surface area contributed by atoms with E-state index in [1.165, 1.54) is 0 Å². The third kappa shape index (κ3) is 6.09. The van der Waals surface area contributed by atoms with Crippen LogP contribution in [0, 0.1) is 11.8 Å². The number of carbonyl (C=O) groups excluding carboxylic acids is 2. The van der Waals surface area contributed by atoms with Crippen molar-refractivity contribution in [1.82, 2.24) is 10.2 Å². The second kappa shape index (κ2) is 9.19. The van der Waals surface area contributed by atoms with E-state index in [0.717, 1.165) is 32.4 Å². The van der Waals surface area contributed by atoms with Gasteiger partial charge in [-0.05, 0) is 31.1 Å². The number of nitrogens with one attached hydrogen (secondary N) is 1. The number of likely N-dealkylation sites (tertiary alicyclic amines) is 1. The zero-order valence-electron chi connectivity index (χ0n) is 12.7. The van der Waals surface area contributed by atoms with E-state index in [1.807, 2.05) is 4.90 Å². The van der Waals surface area contributed by atoms with Gasteiger partial charge < -0.3 is 16.0 Å². The van der Waals surface area contributed by atoms with Gasteiger partial charge in [0.25, 0.3) is 0 Å². The lowest BCUT2D eigenvalue weighted by Gasteiger charge is -2.33. The highest BCUT2D eigenvalue weighted by molar-refractivity contribution is 5.85. The highest BCUT2D eigenvalue weighted by Crippen LogP contribution is 2.21. The average molecular weight is 306 g/mol. The van der Waals surface area contributed by atoms with Crippen molar-refractivity contribution in [2.24, 2.45) is 17.6 Å². The molecule has 1 atom stereocenters. The molecule has 5 nitrogen and oxygen atoms in total. The van der Waals surface area contributed by atoms with E-state index in [9.17, 15) is 9.59 Å². The van der Waals surface area contributed by atoms with E-state index in [2.05, 4.69) is 19.2 Å². The molecule has 0 aromatic heterocycles. The normalized spacial score (nSPS) is 17.6. The quantitative estimate of drug-likeness (QED) is 0.800. The number of carbonyl (C=O) groups is 2. The average Bonchev–Trinajstić information content (AvgIpc) is 2.37. The fourth-order valence-corrected chi connectivity index (χ4v) is 2.56. The smallest absolute Gasteiger partial charge is 0.239 e. The van der Waals surface area contributed by atoms with E-state index in [0.29, 0.717) is 18.3 Å². The maximum atomic E-state index is 12.1. The number of hydrogen-bond acceptors (Lipinski definition) is 3. The second-order valence-electron chi connectivity index (χ2n) is 5.88. The van der Waals surface area contributed by atoms with Crippen LogP contribution in [0.25, 0.3) is 0 Å². The predicted octanol–water partition coefficient (Wildman–Crippen LogP) is 1.16. The SMILES string of the molecule is CNC(=O)CC1CCN(C(=O)[C@@H](N)CC(C)C)CC1.Cl. The van der Waals surface area contributed by atoms with E-state index in [1.54, 1.807) is 7.05 Å². The van der Waals surface area contributed by atoms with Crippen molar-refractivity contribution in [2.45, 2.75) is 45.6 Å². The number of amides is 2. The fourth-order valence-electron chi connectivity index (χ4n) is 2.56. The van der Waals surface area contributed by atoms with Gasteiger partial charge in [-0.3, -0.25) is 9.59 Å². The van der Waals surface area contributed by atoms with Crippen LogP contribution in [0.5, 0.6) is 0 Å². The third-order valence-corrected chi connectivity index (χ3v) is 3.72. The van der Waals surface area contributed by atoms with Crippen LogP contribution in [-0.4, -0.2) is 42.9 Å². The zero-order valence-corrected chi connectivity index (χ0v) is 13.5. The van der Waals surface area contributed by atoms with Crippen molar-refractivity contribution >= 4 is 24.2 Å². The van der Waals surface area contributed by atoms with Crippen LogP contribution in [0.1, 0.15) is 39.5 Å². The van der Waals surface area contributed by atoms with Gasteiger partial charge in [-0.25, -0.2) is 0 Å². The number of halogens is 1. The van der Waals surface area contributed by atoms with Gasteiger partial charge in [0.1, 0.15) is 0 Å². The number of hydrogen-bond donors (Lipinski definition) is 2. The van der Waals surface area contributed by atoms with Gasteiger partial charge in [-0.2, -0.15) is 0 Å². The maximum Gasteiger partial charge on any atom is 0.239 e. The largest absolute Gasteiger partial charge is 0.359 e. The zero-order chi connectivity index (χ0) is 14.4. The van der Waals surface area contributed by atoms with Crippen LogP contribution in [0.2, 0.25) is 0 Å². The van der Waals surface area contributed by atoms with Crippen molar-refractivity contribution < 1.29 is 9.59 Å². The lowest BCUT2D eigenvalue weighted by Crippen LogP contribution is -2.47. The summed E-state index contributed by atoms with van der Waals surface area (Å²) in [5.74, 6) is 0.975. The summed E-state index contributed by atoms with van der Waals surface area (Å²) >= 11 is 0. The van der Waals surface area contributed by atoms with Crippen molar-refractivity contribution in [2.75, 3.05) is 20.1 Å². The van der Waals surface area contributed by atoms with Crippen LogP contribution in [-0.2, 0) is 9.59 Å². The molecule has 0 bridgehead atoms. The molecule has 0 spiro atoms. The van der Waals surface area contributed by atoms with Gasteiger partial charge in [0.05, 0.1) is 6.04 Å². The highest BCUT2D eigenvalue weighted by atomic mass is 35.5. The minimum absolute atomic E-state index is 0. The molecular formula is C14H28ClN3O2. The predicted molar refractivity (Wildman–Crippen MR) is 82.7 cm³/mol. The minimum Gasteiger partial charge on any atom is -0.359 e. The van der Waals surface area contributed by atoms with E-state index < -0.39 is 0 Å². The Morgan fingerprint density at radius 1 is 1.30 bits per heavy atom. The van der Waals surface area contributed by atoms with Gasteiger partial charge in [-0.15, -0.1) is 12.4 Å². The highest BCUT2D eigenvalue weighted by Gasteiger charge is 2.27. The Labute approximate surface area is 128 Å². The van der Waals surface area contributed by atoms with Gasteiger partial charge in [-0.1, -0.05) is 13.8 Å². The molecule has 1 rings (SSSR count). The number of nitrogens with two attached hydrogens (primary N) is 1. The molecule has 20 heavy (non-hydrogen) atoms. The molecule has 118 valence electrons. The third-order valence-electron chi connectivity index (χ3n) is 3.72. The lowest BCUT2D eigenvalue weighted by molar-refractivity contribution is -0.134. The van der Waals surface area contributed by atoms with Crippen LogP contribution in [0.15, 0.2) is 0 Å². The van der Waals surface area contributed by atoms with Gasteiger partial charge in [0.2, 0.25) is 11.8 Å². The monoisotopic (exact) mass is 305 g/mol. The van der Waals surface area contributed by atoms with E-state index >= 15 is 0 Å². The summed E-state index contributed by atoms with van der Waals surface area (Å²) in [7, 11) is 1.66. The molecule has 0 aromatic rings. The van der Waals surface area contributed by atoms with Crippen molar-refractivity contribution in [1.29, 1.82) is 0 Å². The molecule has 1 aliphatic rings. The summed E-state index contributed by atoms with van der Waals surface area (Å²) in [6, 6.07) is -0.379. The lowest BCUT2D eigenvalue weighted by atomic mass is 9.92. The Kier molecular flexibility index (Phi) is 8.81. The molecule has 0 radical (unpaired) electrons. The number of rotatable bonds is 5. The van der Waals surface area contributed by atoms with Crippen molar-refractivity contribution in [3.05, 3.63) is 0 Å². The molecule has 0 aliphatic carbocycles. The first-order valence-corrected chi connectivity index (χ1v) is 7.19. The molecule has 0 unspecified atom stereocenters. The van der Waals surface area contributed by atoms with E-state index in [4.69, 9.17) is 5.73 Å². The molecule has 1 saturated heterocycles. The summed E-state index contributed by atoms with van der Waals surface area (Å²) < 4.78 is 0. The molecular weight excluding hydrogens is 278 g/mol. The van der Waals surface area contributed by atoms with Crippen LogP contribution < -0.4 is 11.1 Å². The fraction of sp³-hybridized carbons (Fsp3) is 0.857. The van der Waals surface area contributed by atoms with Gasteiger partial charge >= 0.3 is 0 Å². The molecule has 0 saturated carbocycles. The Bertz CT molecular complexity index is 316. The first-order chi connectivity index (χ1) is 8.93. The van der Waals surface area contributed by atoms with Gasteiger partial charge in [0, 0.05) is 26.6 Å². The van der Waals surface area contributed by atoms with Crippen molar-refractivity contribution in [3.63, 3.8) is 0 Å². The van der Waals surface area contributed by atoms with Crippen molar-refractivity contribution in [3.8, 4) is 0 Å².